The summed E-state index contributed by atoms with van der Waals surface area (Å²) in [7, 11) is 0. The molecule has 1 atom stereocenters. The second-order valence-electron chi connectivity index (χ2n) is 13.9. The summed E-state index contributed by atoms with van der Waals surface area (Å²) in [6, 6.07) is 53.6. The second kappa shape index (κ2) is 12.8. The molecular formula is C49H34N4. The van der Waals surface area contributed by atoms with Gasteiger partial charge in [-0.15, -0.1) is 0 Å². The summed E-state index contributed by atoms with van der Waals surface area (Å²) in [4.78, 5) is 20.2. The van der Waals surface area contributed by atoms with Crippen LogP contribution in [0.2, 0.25) is 0 Å². The van der Waals surface area contributed by atoms with Gasteiger partial charge in [0.15, 0.2) is 17.5 Å². The zero-order valence-corrected chi connectivity index (χ0v) is 29.2. The number of para-hydroxylation sites is 1. The maximum absolute atomic E-state index is 5.30. The topological polar surface area (TPSA) is 51.6 Å². The summed E-state index contributed by atoms with van der Waals surface area (Å²) in [5.74, 6) is 2.43. The van der Waals surface area contributed by atoms with Crippen molar-refractivity contribution in [3.8, 4) is 45.2 Å². The molecular weight excluding hydrogens is 645 g/mol. The Balaban J connectivity index is 1.14. The lowest BCUT2D eigenvalue weighted by atomic mass is 9.88. The summed E-state index contributed by atoms with van der Waals surface area (Å²) >= 11 is 0. The van der Waals surface area contributed by atoms with E-state index in [-0.39, 0.29) is 0 Å². The number of nitrogens with zero attached hydrogens (tertiary/aromatic N) is 4. The molecule has 0 spiro atoms. The van der Waals surface area contributed by atoms with Crippen molar-refractivity contribution >= 4 is 48.8 Å². The van der Waals surface area contributed by atoms with Gasteiger partial charge in [-0.1, -0.05) is 165 Å². The van der Waals surface area contributed by atoms with E-state index in [1.807, 2.05) is 30.3 Å². The normalized spacial score (nSPS) is 14.3. The maximum atomic E-state index is 5.30. The molecule has 0 radical (unpaired) electrons. The number of allylic oxidation sites excluding steroid dienone is 4. The van der Waals surface area contributed by atoms with Gasteiger partial charge in [-0.25, -0.2) is 19.9 Å². The monoisotopic (exact) mass is 678 g/mol. The van der Waals surface area contributed by atoms with Crippen molar-refractivity contribution in [2.75, 3.05) is 0 Å². The number of fused-ring (bicyclic) bond motifs is 6. The number of hydrogen-bond acceptors (Lipinski definition) is 4. The first-order chi connectivity index (χ1) is 26.2. The van der Waals surface area contributed by atoms with Crippen LogP contribution in [0.3, 0.4) is 0 Å². The number of benzene rings is 7. The summed E-state index contributed by atoms with van der Waals surface area (Å²) in [6.07, 6.45) is 7.60. The predicted molar refractivity (Wildman–Crippen MR) is 220 cm³/mol. The number of rotatable bonds is 5. The van der Waals surface area contributed by atoms with E-state index in [1.165, 1.54) is 38.1 Å². The summed E-state index contributed by atoms with van der Waals surface area (Å²) in [5.41, 5.74) is 8.30. The molecule has 0 saturated carbocycles. The molecule has 53 heavy (non-hydrogen) atoms. The van der Waals surface area contributed by atoms with Gasteiger partial charge < -0.3 is 0 Å². The van der Waals surface area contributed by atoms with Crippen LogP contribution in [0.25, 0.3) is 94.0 Å². The fraction of sp³-hybridized carbons (Fsp3) is 0.0612. The molecule has 0 fully saturated rings. The highest BCUT2D eigenvalue weighted by Gasteiger charge is 2.19. The minimum Gasteiger partial charge on any atom is -0.247 e. The zero-order chi connectivity index (χ0) is 35.3. The van der Waals surface area contributed by atoms with E-state index in [1.54, 1.807) is 0 Å². The predicted octanol–water partition coefficient (Wildman–Crippen LogP) is 12.5. The third-order valence-corrected chi connectivity index (χ3v) is 10.4. The Labute approximate surface area is 307 Å². The molecule has 10 rings (SSSR count). The van der Waals surface area contributed by atoms with Crippen molar-refractivity contribution in [1.82, 2.24) is 19.9 Å². The average molecular weight is 679 g/mol. The Kier molecular flexibility index (Phi) is 7.47. The van der Waals surface area contributed by atoms with Gasteiger partial charge in [0.2, 0.25) is 0 Å². The summed E-state index contributed by atoms with van der Waals surface area (Å²) in [5, 5.41) is 8.46. The van der Waals surface area contributed by atoms with E-state index in [0.717, 1.165) is 50.7 Å². The first kappa shape index (κ1) is 31.0. The SMILES string of the molecule is CC1C=C(c2nc(-c3ccccc3)nc(-c3ccc(-c4nc5ccccc5c5c(-c6cc7ccccc7c7ccccc67)cccc45)cc3)n2)C=CC1. The van der Waals surface area contributed by atoms with Crippen LogP contribution in [-0.2, 0) is 0 Å². The first-order valence-corrected chi connectivity index (χ1v) is 18.2. The van der Waals surface area contributed by atoms with E-state index in [4.69, 9.17) is 19.9 Å². The largest absolute Gasteiger partial charge is 0.247 e. The molecule has 250 valence electrons. The highest BCUT2D eigenvalue weighted by molar-refractivity contribution is 6.21. The third kappa shape index (κ3) is 5.47. The van der Waals surface area contributed by atoms with Gasteiger partial charge in [0, 0.05) is 38.4 Å². The van der Waals surface area contributed by atoms with Gasteiger partial charge in [0.05, 0.1) is 11.2 Å². The summed E-state index contributed by atoms with van der Waals surface area (Å²) in [6.45, 7) is 2.22. The van der Waals surface area contributed by atoms with Crippen LogP contribution in [-0.4, -0.2) is 19.9 Å². The molecule has 0 N–H and O–H groups in total. The third-order valence-electron chi connectivity index (χ3n) is 10.4. The second-order valence-corrected chi connectivity index (χ2v) is 13.9. The van der Waals surface area contributed by atoms with Gasteiger partial charge in [-0.05, 0) is 57.1 Å². The van der Waals surface area contributed by atoms with Crippen LogP contribution >= 0.6 is 0 Å². The average Bonchev–Trinajstić information content (AvgIpc) is 3.23. The molecule has 1 unspecified atom stereocenters. The Bertz CT molecular complexity index is 2920. The van der Waals surface area contributed by atoms with Crippen molar-refractivity contribution < 1.29 is 0 Å². The quantitative estimate of drug-likeness (QED) is 0.170. The van der Waals surface area contributed by atoms with Crippen molar-refractivity contribution in [3.05, 3.63) is 176 Å². The molecule has 0 bridgehead atoms. The Morgan fingerprint density at radius 2 is 1.09 bits per heavy atom. The molecule has 0 aliphatic heterocycles. The standard InChI is InChI=1S/C49H34N4/c1-31-13-11-17-36(29-31)49-52-47(33-14-3-2-4-15-33)51-48(53-49)34-27-25-32(26-28-34)46-42-23-12-22-40(45(42)41-21-9-10-24-44(41)50-46)43-30-35-16-5-6-18-37(35)38-19-7-8-20-39(38)43/h2-12,14-31H,13H2,1H3. The molecule has 2 heterocycles. The van der Waals surface area contributed by atoms with Crippen molar-refractivity contribution in [2.45, 2.75) is 13.3 Å². The lowest BCUT2D eigenvalue weighted by molar-refractivity contribution is 0.738. The molecule has 1 aliphatic rings. The van der Waals surface area contributed by atoms with Crippen LogP contribution in [0.4, 0.5) is 0 Å². The van der Waals surface area contributed by atoms with Gasteiger partial charge in [0.1, 0.15) is 0 Å². The Morgan fingerprint density at radius 1 is 0.472 bits per heavy atom. The van der Waals surface area contributed by atoms with Crippen LogP contribution in [0.5, 0.6) is 0 Å². The van der Waals surface area contributed by atoms with Crippen molar-refractivity contribution in [3.63, 3.8) is 0 Å². The van der Waals surface area contributed by atoms with E-state index in [9.17, 15) is 0 Å². The Morgan fingerprint density at radius 3 is 1.89 bits per heavy atom. The van der Waals surface area contributed by atoms with Crippen LogP contribution in [0.1, 0.15) is 19.2 Å². The van der Waals surface area contributed by atoms with E-state index < -0.39 is 0 Å². The van der Waals surface area contributed by atoms with E-state index >= 15 is 0 Å². The molecule has 4 nitrogen and oxygen atoms in total. The molecule has 4 heteroatoms. The van der Waals surface area contributed by atoms with Crippen molar-refractivity contribution in [1.29, 1.82) is 0 Å². The maximum Gasteiger partial charge on any atom is 0.164 e. The lowest BCUT2D eigenvalue weighted by Gasteiger charge is -2.17. The molecule has 2 aromatic heterocycles. The fourth-order valence-electron chi connectivity index (χ4n) is 7.84. The highest BCUT2D eigenvalue weighted by atomic mass is 15.0. The molecule has 0 saturated heterocycles. The number of hydrogen-bond donors (Lipinski definition) is 0. The van der Waals surface area contributed by atoms with E-state index in [2.05, 4.69) is 146 Å². The highest BCUT2D eigenvalue weighted by Crippen LogP contribution is 2.42. The zero-order valence-electron chi connectivity index (χ0n) is 29.2. The number of pyridine rings is 1. The molecule has 0 amide bonds. The van der Waals surface area contributed by atoms with Gasteiger partial charge in [0.25, 0.3) is 0 Å². The van der Waals surface area contributed by atoms with Gasteiger partial charge in [-0.3, -0.25) is 0 Å². The molecule has 7 aromatic carbocycles. The van der Waals surface area contributed by atoms with Crippen LogP contribution < -0.4 is 0 Å². The van der Waals surface area contributed by atoms with Gasteiger partial charge in [-0.2, -0.15) is 0 Å². The smallest absolute Gasteiger partial charge is 0.164 e. The van der Waals surface area contributed by atoms with Gasteiger partial charge >= 0.3 is 0 Å². The minimum atomic E-state index is 0.430. The van der Waals surface area contributed by atoms with E-state index in [0.29, 0.717) is 23.4 Å². The minimum absolute atomic E-state index is 0.430. The number of aromatic nitrogens is 4. The molecule has 1 aliphatic carbocycles. The fourth-order valence-corrected chi connectivity index (χ4v) is 7.84. The first-order valence-electron chi connectivity index (χ1n) is 18.2. The van der Waals surface area contributed by atoms with Crippen molar-refractivity contribution in [2.24, 2.45) is 5.92 Å². The lowest BCUT2D eigenvalue weighted by Crippen LogP contribution is -2.04. The summed E-state index contributed by atoms with van der Waals surface area (Å²) < 4.78 is 0. The molecule has 9 aromatic rings. The van der Waals surface area contributed by atoms with Crippen LogP contribution in [0.15, 0.2) is 170 Å². The Hall–Kier alpha value is -6.78. The van der Waals surface area contributed by atoms with Crippen LogP contribution in [0, 0.1) is 5.92 Å².